The van der Waals surface area contributed by atoms with Crippen molar-refractivity contribution in [3.63, 3.8) is 0 Å². The molecule has 5 nitrogen and oxygen atoms in total. The smallest absolute Gasteiger partial charge is 0.303 e. The van der Waals surface area contributed by atoms with Gasteiger partial charge in [0.1, 0.15) is 5.75 Å². The molecule has 0 aliphatic heterocycles. The first-order valence-corrected chi connectivity index (χ1v) is 7.34. The first kappa shape index (κ1) is 17.0. The van der Waals surface area contributed by atoms with Crippen molar-refractivity contribution >= 4 is 11.9 Å². The molecule has 3 N–H and O–H groups in total. The third-order valence-corrected chi connectivity index (χ3v) is 3.19. The Morgan fingerprint density at radius 2 is 1.57 bits per heavy atom. The zero-order valence-corrected chi connectivity index (χ0v) is 12.2. The van der Waals surface area contributed by atoms with Gasteiger partial charge in [-0.1, -0.05) is 31.4 Å². The van der Waals surface area contributed by atoms with Gasteiger partial charge in [0.2, 0.25) is 5.91 Å². The molecule has 0 unspecified atom stereocenters. The van der Waals surface area contributed by atoms with E-state index < -0.39 is 5.97 Å². The number of rotatable bonds is 10. The van der Waals surface area contributed by atoms with E-state index in [0.29, 0.717) is 13.0 Å². The third kappa shape index (κ3) is 8.68. The molecule has 21 heavy (non-hydrogen) atoms. The lowest BCUT2D eigenvalue weighted by molar-refractivity contribution is -0.137. The normalized spacial score (nSPS) is 10.3. The molecule has 0 bridgehead atoms. The summed E-state index contributed by atoms with van der Waals surface area (Å²) in [5, 5.41) is 20.5. The molecule has 116 valence electrons. The Hall–Kier alpha value is -2.04. The van der Waals surface area contributed by atoms with Gasteiger partial charge in [0.05, 0.1) is 6.42 Å². The van der Waals surface area contributed by atoms with Crippen LogP contribution in [-0.4, -0.2) is 28.6 Å². The number of aromatic hydroxyl groups is 1. The monoisotopic (exact) mass is 293 g/mol. The highest BCUT2D eigenvalue weighted by Crippen LogP contribution is 2.10. The topological polar surface area (TPSA) is 86.6 Å². The Morgan fingerprint density at radius 1 is 0.952 bits per heavy atom. The lowest BCUT2D eigenvalue weighted by atomic mass is 10.1. The molecule has 0 saturated carbocycles. The second kappa shape index (κ2) is 9.80. The molecule has 1 aromatic carbocycles. The molecular formula is C16H23NO4. The Labute approximate surface area is 125 Å². The van der Waals surface area contributed by atoms with Crippen LogP contribution in [0.5, 0.6) is 5.75 Å². The second-order valence-corrected chi connectivity index (χ2v) is 5.10. The van der Waals surface area contributed by atoms with Crippen LogP contribution >= 0.6 is 0 Å². The number of phenols is 1. The van der Waals surface area contributed by atoms with Gasteiger partial charge in [-0.2, -0.15) is 0 Å². The largest absolute Gasteiger partial charge is 0.508 e. The van der Waals surface area contributed by atoms with Crippen molar-refractivity contribution in [2.75, 3.05) is 6.54 Å². The van der Waals surface area contributed by atoms with E-state index in [1.807, 2.05) is 0 Å². The third-order valence-electron chi connectivity index (χ3n) is 3.19. The number of hydrogen-bond donors (Lipinski definition) is 3. The number of amides is 1. The summed E-state index contributed by atoms with van der Waals surface area (Å²) in [5.41, 5.74) is 0.874. The van der Waals surface area contributed by atoms with Crippen LogP contribution in [0.2, 0.25) is 0 Å². The van der Waals surface area contributed by atoms with E-state index in [1.54, 1.807) is 24.3 Å². The number of carbonyl (C=O) groups excluding carboxylic acids is 1. The zero-order valence-electron chi connectivity index (χ0n) is 12.2. The Morgan fingerprint density at radius 3 is 2.24 bits per heavy atom. The van der Waals surface area contributed by atoms with Crippen LogP contribution in [0.4, 0.5) is 0 Å². The summed E-state index contributed by atoms with van der Waals surface area (Å²) in [6.07, 6.45) is 5.12. The molecule has 1 rings (SSSR count). The standard InChI is InChI=1S/C16H23NO4/c18-14-9-7-13(8-10-14)12-15(19)17-11-5-3-1-2-4-6-16(20)21/h7-10,18H,1-6,11-12H2,(H,17,19)(H,20,21). The van der Waals surface area contributed by atoms with E-state index in [9.17, 15) is 9.59 Å². The fourth-order valence-electron chi connectivity index (χ4n) is 2.02. The Kier molecular flexibility index (Phi) is 7.94. The van der Waals surface area contributed by atoms with Gasteiger partial charge in [-0.3, -0.25) is 9.59 Å². The van der Waals surface area contributed by atoms with Gasteiger partial charge in [-0.15, -0.1) is 0 Å². The number of benzene rings is 1. The maximum absolute atomic E-state index is 11.7. The predicted molar refractivity (Wildman–Crippen MR) is 80.2 cm³/mol. The fraction of sp³-hybridized carbons (Fsp3) is 0.500. The van der Waals surface area contributed by atoms with E-state index >= 15 is 0 Å². The molecule has 1 aromatic rings. The Bertz CT molecular complexity index is 442. The van der Waals surface area contributed by atoms with Gasteiger partial charge >= 0.3 is 5.97 Å². The van der Waals surface area contributed by atoms with Crippen LogP contribution in [0.3, 0.4) is 0 Å². The maximum atomic E-state index is 11.7. The van der Waals surface area contributed by atoms with Gasteiger partial charge in [-0.25, -0.2) is 0 Å². The minimum absolute atomic E-state index is 0.0217. The van der Waals surface area contributed by atoms with Crippen LogP contribution in [-0.2, 0) is 16.0 Å². The van der Waals surface area contributed by atoms with Gasteiger partial charge in [0, 0.05) is 13.0 Å². The number of unbranched alkanes of at least 4 members (excludes halogenated alkanes) is 4. The lowest BCUT2D eigenvalue weighted by Crippen LogP contribution is -2.26. The average molecular weight is 293 g/mol. The number of carbonyl (C=O) groups is 2. The first-order chi connectivity index (χ1) is 10.1. The maximum Gasteiger partial charge on any atom is 0.303 e. The molecule has 5 heteroatoms. The predicted octanol–water partition coefficient (Wildman–Crippen LogP) is 2.48. The van der Waals surface area contributed by atoms with Gasteiger partial charge in [0.25, 0.3) is 0 Å². The number of hydrogen-bond acceptors (Lipinski definition) is 3. The summed E-state index contributed by atoms with van der Waals surface area (Å²) < 4.78 is 0. The minimum Gasteiger partial charge on any atom is -0.508 e. The van der Waals surface area contributed by atoms with Crippen molar-refractivity contribution in [3.8, 4) is 5.75 Å². The van der Waals surface area contributed by atoms with Gasteiger partial charge < -0.3 is 15.5 Å². The molecule has 0 atom stereocenters. The van der Waals surface area contributed by atoms with Crippen molar-refractivity contribution in [1.82, 2.24) is 5.32 Å². The van der Waals surface area contributed by atoms with E-state index in [1.165, 1.54) is 0 Å². The zero-order chi connectivity index (χ0) is 15.5. The van der Waals surface area contributed by atoms with Crippen molar-refractivity contribution in [2.24, 2.45) is 0 Å². The molecule has 0 fully saturated rings. The molecule has 0 radical (unpaired) electrons. The quantitative estimate of drug-likeness (QED) is 0.578. The molecule has 0 spiro atoms. The van der Waals surface area contributed by atoms with E-state index in [4.69, 9.17) is 10.2 Å². The summed E-state index contributed by atoms with van der Waals surface area (Å²) >= 11 is 0. The van der Waals surface area contributed by atoms with Crippen LogP contribution in [0.15, 0.2) is 24.3 Å². The van der Waals surface area contributed by atoms with Gasteiger partial charge in [0.15, 0.2) is 0 Å². The van der Waals surface area contributed by atoms with Crippen LogP contribution in [0.1, 0.15) is 44.1 Å². The number of carboxylic acids is 1. The highest BCUT2D eigenvalue weighted by Gasteiger charge is 2.03. The Balaban J connectivity index is 2.01. The first-order valence-electron chi connectivity index (χ1n) is 7.34. The molecule has 0 aromatic heterocycles. The van der Waals surface area contributed by atoms with E-state index in [-0.39, 0.29) is 18.1 Å². The van der Waals surface area contributed by atoms with E-state index in [2.05, 4.69) is 5.32 Å². The van der Waals surface area contributed by atoms with Crippen molar-refractivity contribution in [2.45, 2.75) is 44.9 Å². The summed E-state index contributed by atoms with van der Waals surface area (Å²) in [6, 6.07) is 6.61. The summed E-state index contributed by atoms with van der Waals surface area (Å²) in [6.45, 7) is 0.649. The lowest BCUT2D eigenvalue weighted by Gasteiger charge is -2.05. The molecular weight excluding hydrogens is 270 g/mol. The number of aliphatic carboxylic acids is 1. The molecule has 0 saturated heterocycles. The molecule has 0 aliphatic carbocycles. The molecule has 0 aliphatic rings. The SMILES string of the molecule is O=C(O)CCCCCCCNC(=O)Cc1ccc(O)cc1. The van der Waals surface area contributed by atoms with Crippen molar-refractivity contribution < 1.29 is 19.8 Å². The highest BCUT2D eigenvalue weighted by molar-refractivity contribution is 5.78. The van der Waals surface area contributed by atoms with Crippen molar-refractivity contribution in [1.29, 1.82) is 0 Å². The summed E-state index contributed by atoms with van der Waals surface area (Å²) in [5.74, 6) is -0.565. The minimum atomic E-state index is -0.739. The molecule has 0 heterocycles. The second-order valence-electron chi connectivity index (χ2n) is 5.10. The number of carboxylic acid groups (broad SMARTS) is 1. The molecule has 1 amide bonds. The highest BCUT2D eigenvalue weighted by atomic mass is 16.4. The van der Waals surface area contributed by atoms with Crippen molar-refractivity contribution in [3.05, 3.63) is 29.8 Å². The van der Waals surface area contributed by atoms with E-state index in [0.717, 1.165) is 37.7 Å². The van der Waals surface area contributed by atoms with Crippen LogP contribution in [0.25, 0.3) is 0 Å². The number of nitrogens with one attached hydrogen (secondary N) is 1. The fourth-order valence-corrected chi connectivity index (χ4v) is 2.02. The van der Waals surface area contributed by atoms with Crippen LogP contribution in [0, 0.1) is 0 Å². The average Bonchev–Trinajstić information content (AvgIpc) is 2.44. The summed E-state index contributed by atoms with van der Waals surface area (Å²) in [4.78, 5) is 22.0. The number of phenolic OH excluding ortho intramolecular Hbond substituents is 1. The summed E-state index contributed by atoms with van der Waals surface area (Å²) in [7, 11) is 0. The van der Waals surface area contributed by atoms with Gasteiger partial charge in [-0.05, 0) is 30.5 Å². The van der Waals surface area contributed by atoms with Crippen LogP contribution < -0.4 is 5.32 Å².